The molecule has 0 aromatic heterocycles. The molecule has 3 N–H and O–H groups in total. The Morgan fingerprint density at radius 2 is 2.11 bits per heavy atom. The fourth-order valence-electron chi connectivity index (χ4n) is 1.65. The van der Waals surface area contributed by atoms with Crippen LogP contribution in [-0.4, -0.2) is 43.7 Å². The third-order valence-corrected chi connectivity index (χ3v) is 4.58. The van der Waals surface area contributed by atoms with Gasteiger partial charge in [-0.15, -0.1) is 11.8 Å². The van der Waals surface area contributed by atoms with Crippen LogP contribution in [0.1, 0.15) is 19.3 Å². The van der Waals surface area contributed by atoms with Gasteiger partial charge in [0.15, 0.2) is 0 Å². The van der Waals surface area contributed by atoms with Crippen LogP contribution >= 0.6 is 11.8 Å². The van der Waals surface area contributed by atoms with E-state index < -0.39 is 0 Å². The van der Waals surface area contributed by atoms with E-state index in [2.05, 4.69) is 10.2 Å². The molecule has 0 heterocycles. The second-order valence-corrected chi connectivity index (χ2v) is 5.71. The van der Waals surface area contributed by atoms with Crippen molar-refractivity contribution in [2.75, 3.05) is 26.6 Å². The first-order valence-electron chi connectivity index (χ1n) is 5.75. The fourth-order valence-corrected chi connectivity index (χ4v) is 3.05. The highest BCUT2D eigenvalue weighted by Crippen LogP contribution is 2.51. The molecule has 1 unspecified atom stereocenters. The molecule has 1 fully saturated rings. The highest BCUT2D eigenvalue weighted by Gasteiger charge is 2.45. The molecule has 0 spiro atoms. The molecule has 1 saturated carbocycles. The van der Waals surface area contributed by atoms with Crippen molar-refractivity contribution in [1.29, 1.82) is 0 Å². The Labute approximate surface area is 111 Å². The van der Waals surface area contributed by atoms with E-state index in [0.717, 1.165) is 18.6 Å². The number of amides is 1. The summed E-state index contributed by atoms with van der Waals surface area (Å²) in [5.74, 6) is 5.41. The second-order valence-electron chi connectivity index (χ2n) is 4.52. The molecule has 1 aliphatic carbocycles. The largest absolute Gasteiger partial charge is 0.469 e. The Bertz CT molecular complexity index is 307. The normalized spacial score (nSPS) is 17.9. The van der Waals surface area contributed by atoms with Gasteiger partial charge < -0.3 is 9.47 Å². The van der Waals surface area contributed by atoms with Crippen molar-refractivity contribution in [2.45, 2.75) is 24.5 Å². The van der Waals surface area contributed by atoms with E-state index in [9.17, 15) is 9.59 Å². The first-order valence-corrected chi connectivity index (χ1v) is 6.79. The first-order chi connectivity index (χ1) is 8.56. The Kier molecular flexibility index (Phi) is 5.90. The van der Waals surface area contributed by atoms with Gasteiger partial charge in [-0.05, 0) is 18.3 Å². The molecule has 104 valence electrons. The summed E-state index contributed by atoms with van der Waals surface area (Å²) in [6.07, 6.45) is 2.42. The lowest BCUT2D eigenvalue weighted by molar-refractivity contribution is -0.141. The number of carbonyl (C=O) groups excluding carboxylic acids is 2. The van der Waals surface area contributed by atoms with Gasteiger partial charge in [0.25, 0.3) is 0 Å². The Morgan fingerprint density at radius 3 is 2.56 bits per heavy atom. The molecule has 7 heteroatoms. The monoisotopic (exact) mass is 276 g/mol. The number of thioether (sulfide) groups is 1. The van der Waals surface area contributed by atoms with Crippen molar-refractivity contribution in [3.05, 3.63) is 0 Å². The maximum atomic E-state index is 11.5. The summed E-state index contributed by atoms with van der Waals surface area (Å²) in [6.45, 7) is 0.308. The number of rotatable bonds is 8. The summed E-state index contributed by atoms with van der Waals surface area (Å²) < 4.78 is 9.66. The fraction of sp³-hybridized carbons (Fsp3) is 0.818. The van der Waals surface area contributed by atoms with Gasteiger partial charge in [0.05, 0.1) is 20.1 Å². The van der Waals surface area contributed by atoms with Crippen molar-refractivity contribution in [3.63, 3.8) is 0 Å². The molecule has 1 aliphatic rings. The van der Waals surface area contributed by atoms with Crippen LogP contribution in [0.3, 0.4) is 0 Å². The summed E-state index contributed by atoms with van der Waals surface area (Å²) >= 11 is 1.48. The molecular formula is C11H20N2O4S. The van der Waals surface area contributed by atoms with Crippen LogP contribution in [0.2, 0.25) is 0 Å². The Balaban J connectivity index is 2.42. The van der Waals surface area contributed by atoms with E-state index in [4.69, 9.17) is 10.6 Å². The number of nitrogens with one attached hydrogen (secondary N) is 1. The lowest BCUT2D eigenvalue weighted by Gasteiger charge is -2.18. The van der Waals surface area contributed by atoms with Crippen LogP contribution in [0.25, 0.3) is 0 Å². The van der Waals surface area contributed by atoms with Crippen LogP contribution in [0, 0.1) is 5.41 Å². The molecule has 0 aromatic rings. The van der Waals surface area contributed by atoms with Gasteiger partial charge in [0.1, 0.15) is 5.25 Å². The van der Waals surface area contributed by atoms with E-state index in [1.807, 2.05) is 0 Å². The molecule has 18 heavy (non-hydrogen) atoms. The molecule has 0 radical (unpaired) electrons. The topological polar surface area (TPSA) is 90.6 Å². The second kappa shape index (κ2) is 6.96. The highest BCUT2D eigenvalue weighted by molar-refractivity contribution is 8.00. The van der Waals surface area contributed by atoms with Gasteiger partial charge in [-0.3, -0.25) is 15.0 Å². The lowest BCUT2D eigenvalue weighted by atomic mass is 10.1. The van der Waals surface area contributed by atoms with Crippen molar-refractivity contribution < 1.29 is 19.1 Å². The molecule has 1 rings (SSSR count). The molecule has 0 aliphatic heterocycles. The molecule has 1 atom stereocenters. The SMILES string of the molecule is COCC(SCC1(CC(=O)OC)CC1)C(=O)NN. The third kappa shape index (κ3) is 4.47. The summed E-state index contributed by atoms with van der Waals surface area (Å²) in [5, 5.41) is -0.338. The molecule has 0 bridgehead atoms. The van der Waals surface area contributed by atoms with Gasteiger partial charge in [-0.25, -0.2) is 5.84 Å². The summed E-state index contributed by atoms with van der Waals surface area (Å²) in [7, 11) is 2.93. The van der Waals surface area contributed by atoms with Crippen LogP contribution in [0.15, 0.2) is 0 Å². The predicted molar refractivity (Wildman–Crippen MR) is 68.8 cm³/mol. The third-order valence-electron chi connectivity index (χ3n) is 3.05. The smallest absolute Gasteiger partial charge is 0.306 e. The number of nitrogens with two attached hydrogens (primary N) is 1. The lowest BCUT2D eigenvalue weighted by Crippen LogP contribution is -2.40. The van der Waals surface area contributed by atoms with E-state index >= 15 is 0 Å². The van der Waals surface area contributed by atoms with Crippen molar-refractivity contribution in [1.82, 2.24) is 5.43 Å². The van der Waals surface area contributed by atoms with E-state index in [0.29, 0.717) is 13.0 Å². The quantitative estimate of drug-likeness (QED) is 0.282. The van der Waals surface area contributed by atoms with Crippen molar-refractivity contribution in [2.24, 2.45) is 11.3 Å². The number of hydrogen-bond acceptors (Lipinski definition) is 6. The van der Waals surface area contributed by atoms with Crippen LogP contribution < -0.4 is 11.3 Å². The zero-order valence-corrected chi connectivity index (χ0v) is 11.5. The van der Waals surface area contributed by atoms with Gasteiger partial charge in [0.2, 0.25) is 5.91 Å². The maximum absolute atomic E-state index is 11.5. The standard InChI is InChI=1S/C11H20N2O4S/c1-16-6-8(10(15)13-12)18-7-11(3-4-11)5-9(14)17-2/h8H,3-7,12H2,1-2H3,(H,13,15). The van der Waals surface area contributed by atoms with Gasteiger partial charge >= 0.3 is 5.97 Å². The van der Waals surface area contributed by atoms with E-state index in [1.54, 1.807) is 7.11 Å². The number of ether oxygens (including phenoxy) is 2. The van der Waals surface area contributed by atoms with E-state index in [1.165, 1.54) is 18.9 Å². The Hall–Kier alpha value is -0.790. The van der Waals surface area contributed by atoms with Crippen LogP contribution in [0.5, 0.6) is 0 Å². The molecule has 0 saturated heterocycles. The molecule has 1 amide bonds. The molecule has 0 aromatic carbocycles. The number of methoxy groups -OCH3 is 2. The van der Waals surface area contributed by atoms with Gasteiger partial charge in [0, 0.05) is 12.9 Å². The molecular weight excluding hydrogens is 256 g/mol. The minimum Gasteiger partial charge on any atom is -0.469 e. The summed E-state index contributed by atoms with van der Waals surface area (Å²) in [6, 6.07) is 0. The number of hydrogen-bond donors (Lipinski definition) is 2. The van der Waals surface area contributed by atoms with Crippen LogP contribution in [-0.2, 0) is 19.1 Å². The highest BCUT2D eigenvalue weighted by atomic mass is 32.2. The maximum Gasteiger partial charge on any atom is 0.306 e. The summed E-state index contributed by atoms with van der Waals surface area (Å²) in [4.78, 5) is 22.8. The Morgan fingerprint density at radius 1 is 1.44 bits per heavy atom. The molecule has 6 nitrogen and oxygen atoms in total. The van der Waals surface area contributed by atoms with Gasteiger partial charge in [-0.1, -0.05) is 0 Å². The minimum atomic E-state index is -0.338. The van der Waals surface area contributed by atoms with Crippen LogP contribution in [0.4, 0.5) is 0 Å². The minimum absolute atomic E-state index is 0.00136. The number of carbonyl (C=O) groups is 2. The number of hydrazine groups is 1. The predicted octanol–water partition coefficient (Wildman–Crippen LogP) is 0.0678. The average molecular weight is 276 g/mol. The number of esters is 1. The average Bonchev–Trinajstić information content (AvgIpc) is 3.13. The zero-order valence-electron chi connectivity index (χ0n) is 10.7. The van der Waals surface area contributed by atoms with E-state index in [-0.39, 0.29) is 22.5 Å². The van der Waals surface area contributed by atoms with Crippen molar-refractivity contribution >= 4 is 23.6 Å². The summed E-state index contributed by atoms with van der Waals surface area (Å²) in [5.41, 5.74) is 2.13. The zero-order chi connectivity index (χ0) is 13.6. The van der Waals surface area contributed by atoms with Gasteiger partial charge in [-0.2, -0.15) is 0 Å². The first kappa shape index (κ1) is 15.3. The van der Waals surface area contributed by atoms with Crippen molar-refractivity contribution in [3.8, 4) is 0 Å².